The van der Waals surface area contributed by atoms with Crippen LogP contribution in [0, 0.1) is 0 Å². The second-order valence-corrected chi connectivity index (χ2v) is 4.73. The summed E-state index contributed by atoms with van der Waals surface area (Å²) in [5.74, 6) is -1.03. The summed E-state index contributed by atoms with van der Waals surface area (Å²) >= 11 is 0. The Balaban J connectivity index is 3.22. The van der Waals surface area contributed by atoms with Gasteiger partial charge < -0.3 is 19.5 Å². The predicted molar refractivity (Wildman–Crippen MR) is 77.8 cm³/mol. The monoisotopic (exact) mass is 281 g/mol. The third-order valence-electron chi connectivity index (χ3n) is 2.93. The first-order valence-corrected chi connectivity index (χ1v) is 6.54. The van der Waals surface area contributed by atoms with E-state index in [1.807, 2.05) is 38.1 Å². The SMILES string of the molecule is COC(=O)C(c1ccccc1NC(C)C)C(OC)OC. The van der Waals surface area contributed by atoms with E-state index in [9.17, 15) is 4.79 Å². The molecule has 1 aromatic rings. The quantitative estimate of drug-likeness (QED) is 0.614. The maximum absolute atomic E-state index is 12.1. The fraction of sp³-hybridized carbons (Fsp3) is 0.533. The summed E-state index contributed by atoms with van der Waals surface area (Å²) in [6, 6.07) is 7.83. The molecule has 0 aromatic heterocycles. The average Bonchev–Trinajstić information content (AvgIpc) is 2.44. The zero-order valence-corrected chi connectivity index (χ0v) is 12.7. The molecular weight excluding hydrogens is 258 g/mol. The molecule has 0 radical (unpaired) electrons. The van der Waals surface area contributed by atoms with Gasteiger partial charge in [-0.1, -0.05) is 18.2 Å². The highest BCUT2D eigenvalue weighted by molar-refractivity contribution is 5.81. The lowest BCUT2D eigenvalue weighted by molar-refractivity contribution is -0.163. The van der Waals surface area contributed by atoms with Gasteiger partial charge in [0.2, 0.25) is 0 Å². The molecule has 0 aliphatic carbocycles. The van der Waals surface area contributed by atoms with Crippen LogP contribution >= 0.6 is 0 Å². The van der Waals surface area contributed by atoms with Crippen molar-refractivity contribution in [2.45, 2.75) is 32.1 Å². The molecule has 0 heterocycles. The van der Waals surface area contributed by atoms with Crippen LogP contribution in [0.15, 0.2) is 24.3 Å². The molecule has 5 heteroatoms. The van der Waals surface area contributed by atoms with Crippen molar-refractivity contribution in [3.63, 3.8) is 0 Å². The van der Waals surface area contributed by atoms with Gasteiger partial charge in [-0.15, -0.1) is 0 Å². The van der Waals surface area contributed by atoms with Gasteiger partial charge in [-0.25, -0.2) is 0 Å². The van der Waals surface area contributed by atoms with Crippen molar-refractivity contribution in [3.8, 4) is 0 Å². The van der Waals surface area contributed by atoms with E-state index in [2.05, 4.69) is 5.32 Å². The summed E-state index contributed by atoms with van der Waals surface area (Å²) in [5, 5.41) is 3.32. The molecule has 0 bridgehead atoms. The van der Waals surface area contributed by atoms with Gasteiger partial charge in [-0.05, 0) is 25.5 Å². The number of hydrogen-bond acceptors (Lipinski definition) is 5. The molecule has 1 aromatic carbocycles. The second kappa shape index (κ2) is 7.87. The summed E-state index contributed by atoms with van der Waals surface area (Å²) in [7, 11) is 4.36. The van der Waals surface area contributed by atoms with Gasteiger partial charge in [0.05, 0.1) is 7.11 Å². The molecule has 1 atom stereocenters. The summed E-state index contributed by atoms with van der Waals surface area (Å²) in [6.45, 7) is 4.07. The van der Waals surface area contributed by atoms with Crippen LogP contribution < -0.4 is 5.32 Å². The molecule has 0 fully saturated rings. The number of ether oxygens (including phenoxy) is 3. The molecule has 112 valence electrons. The maximum atomic E-state index is 12.1. The van der Waals surface area contributed by atoms with Gasteiger partial charge in [0.25, 0.3) is 0 Å². The van der Waals surface area contributed by atoms with Crippen LogP contribution in [0.5, 0.6) is 0 Å². The van der Waals surface area contributed by atoms with Crippen LogP contribution in [-0.4, -0.2) is 39.6 Å². The fourth-order valence-corrected chi connectivity index (χ4v) is 2.09. The fourth-order valence-electron chi connectivity index (χ4n) is 2.09. The van der Waals surface area contributed by atoms with E-state index < -0.39 is 18.2 Å². The van der Waals surface area contributed by atoms with E-state index in [1.54, 1.807) is 0 Å². The van der Waals surface area contributed by atoms with E-state index in [1.165, 1.54) is 21.3 Å². The number of benzene rings is 1. The highest BCUT2D eigenvalue weighted by atomic mass is 16.7. The zero-order chi connectivity index (χ0) is 15.1. The Hall–Kier alpha value is -1.59. The summed E-state index contributed by atoms with van der Waals surface area (Å²) < 4.78 is 15.4. The molecule has 0 aliphatic rings. The van der Waals surface area contributed by atoms with Crippen molar-refractivity contribution in [3.05, 3.63) is 29.8 Å². The molecule has 1 N–H and O–H groups in total. The molecule has 0 spiro atoms. The lowest BCUT2D eigenvalue weighted by atomic mass is 9.96. The minimum absolute atomic E-state index is 0.248. The summed E-state index contributed by atoms with van der Waals surface area (Å²) in [4.78, 5) is 12.1. The van der Waals surface area contributed by atoms with Gasteiger partial charge in [0.1, 0.15) is 5.92 Å². The molecule has 20 heavy (non-hydrogen) atoms. The highest BCUT2D eigenvalue weighted by Crippen LogP contribution is 2.30. The third-order valence-corrected chi connectivity index (χ3v) is 2.93. The van der Waals surface area contributed by atoms with E-state index in [0.29, 0.717) is 0 Å². The first-order chi connectivity index (χ1) is 9.54. The van der Waals surface area contributed by atoms with Crippen LogP contribution in [0.1, 0.15) is 25.3 Å². The molecule has 0 saturated carbocycles. The molecule has 0 aliphatic heterocycles. The molecule has 0 saturated heterocycles. The average molecular weight is 281 g/mol. The number of carbonyl (C=O) groups excluding carboxylic acids is 1. The number of carbonyl (C=O) groups is 1. The maximum Gasteiger partial charge on any atom is 0.318 e. The van der Waals surface area contributed by atoms with Crippen LogP contribution in [0.4, 0.5) is 5.69 Å². The van der Waals surface area contributed by atoms with Crippen LogP contribution in [0.2, 0.25) is 0 Å². The lowest BCUT2D eigenvalue weighted by Gasteiger charge is -2.25. The summed E-state index contributed by atoms with van der Waals surface area (Å²) in [5.41, 5.74) is 1.67. The van der Waals surface area contributed by atoms with Gasteiger partial charge in [-0.3, -0.25) is 4.79 Å². The first kappa shape index (κ1) is 16.5. The van der Waals surface area contributed by atoms with Gasteiger partial charge in [-0.2, -0.15) is 0 Å². The Morgan fingerprint density at radius 3 is 2.20 bits per heavy atom. The molecule has 1 rings (SSSR count). The Labute approximate surface area is 120 Å². The molecule has 0 amide bonds. The Morgan fingerprint density at radius 2 is 1.70 bits per heavy atom. The Morgan fingerprint density at radius 1 is 1.10 bits per heavy atom. The largest absolute Gasteiger partial charge is 0.468 e. The van der Waals surface area contributed by atoms with E-state index in [-0.39, 0.29) is 6.04 Å². The predicted octanol–water partition coefficient (Wildman–Crippen LogP) is 2.38. The van der Waals surface area contributed by atoms with Crippen molar-refractivity contribution in [2.24, 2.45) is 0 Å². The second-order valence-electron chi connectivity index (χ2n) is 4.73. The number of esters is 1. The lowest BCUT2D eigenvalue weighted by Crippen LogP contribution is -2.31. The van der Waals surface area contributed by atoms with Crippen LogP contribution in [0.3, 0.4) is 0 Å². The minimum atomic E-state index is -0.697. The number of methoxy groups -OCH3 is 3. The molecule has 5 nitrogen and oxygen atoms in total. The van der Waals surface area contributed by atoms with E-state index >= 15 is 0 Å². The van der Waals surface area contributed by atoms with Gasteiger partial charge >= 0.3 is 5.97 Å². The van der Waals surface area contributed by atoms with Crippen molar-refractivity contribution < 1.29 is 19.0 Å². The smallest absolute Gasteiger partial charge is 0.318 e. The summed E-state index contributed by atoms with van der Waals surface area (Å²) in [6.07, 6.45) is -0.697. The number of anilines is 1. The van der Waals surface area contributed by atoms with E-state index in [4.69, 9.17) is 14.2 Å². The van der Waals surface area contributed by atoms with Crippen molar-refractivity contribution in [1.29, 1.82) is 0 Å². The highest BCUT2D eigenvalue weighted by Gasteiger charge is 2.33. The van der Waals surface area contributed by atoms with Crippen molar-refractivity contribution in [1.82, 2.24) is 0 Å². The van der Waals surface area contributed by atoms with Crippen molar-refractivity contribution >= 4 is 11.7 Å². The normalized spacial score (nSPS) is 12.6. The number of hydrogen-bond donors (Lipinski definition) is 1. The van der Waals surface area contributed by atoms with Crippen LogP contribution in [0.25, 0.3) is 0 Å². The van der Waals surface area contributed by atoms with Gasteiger partial charge in [0, 0.05) is 25.9 Å². The topological polar surface area (TPSA) is 56.8 Å². The Kier molecular flexibility index (Phi) is 6.48. The van der Waals surface area contributed by atoms with Crippen LogP contribution in [-0.2, 0) is 19.0 Å². The van der Waals surface area contributed by atoms with Crippen molar-refractivity contribution in [2.75, 3.05) is 26.6 Å². The number of nitrogens with one attached hydrogen (secondary N) is 1. The van der Waals surface area contributed by atoms with E-state index in [0.717, 1.165) is 11.3 Å². The standard InChI is InChI=1S/C15H23NO4/c1-10(2)16-12-9-7-6-8-11(12)13(14(17)18-3)15(19-4)20-5/h6-10,13,15-16H,1-5H3. The van der Waals surface area contributed by atoms with Gasteiger partial charge in [0.15, 0.2) is 6.29 Å². The molecule has 1 unspecified atom stereocenters. The Bertz CT molecular complexity index is 430. The molecular formula is C15H23NO4. The first-order valence-electron chi connectivity index (χ1n) is 6.54. The third kappa shape index (κ3) is 3.95. The zero-order valence-electron chi connectivity index (χ0n) is 12.7. The number of rotatable bonds is 7. The minimum Gasteiger partial charge on any atom is -0.468 e. The number of para-hydroxylation sites is 1.